The molecule has 2 saturated heterocycles. The number of piperazine rings is 1. The fraction of sp³-hybridized carbons (Fsp3) is 0.468. The number of nitrogens with one attached hydrogen (secondary N) is 2. The molecule has 1 aromatic heterocycles. The van der Waals surface area contributed by atoms with Gasteiger partial charge in [0, 0.05) is 72.5 Å². The van der Waals surface area contributed by atoms with Crippen molar-refractivity contribution in [2.75, 3.05) is 68.0 Å². The molecule has 3 aromatic carbocycles. The average molecular weight is 964 g/mol. The smallest absolute Gasteiger partial charge is 0.414 e. The molecule has 3 N–H and O–H groups in total. The summed E-state index contributed by atoms with van der Waals surface area (Å²) in [6.07, 6.45) is 3.51. The van der Waals surface area contributed by atoms with Crippen molar-refractivity contribution in [1.29, 1.82) is 0 Å². The highest BCUT2D eigenvalue weighted by Crippen LogP contribution is 2.43. The number of piperidine rings is 1. The Hall–Kier alpha value is -5.27. The largest absolute Gasteiger partial charge is 0.486 e. The number of nitro benzene ring substituents is 1. The first-order valence-electron chi connectivity index (χ1n) is 22.1. The second-order valence-corrected chi connectivity index (χ2v) is 22.1. The van der Waals surface area contributed by atoms with E-state index in [0.717, 1.165) is 92.8 Å². The summed E-state index contributed by atoms with van der Waals surface area (Å²) < 4.78 is 35.9. The summed E-state index contributed by atoms with van der Waals surface area (Å²) in [7, 11) is -2.59. The molecule has 0 unspecified atom stereocenters. The van der Waals surface area contributed by atoms with Crippen molar-refractivity contribution in [1.82, 2.24) is 19.5 Å². The van der Waals surface area contributed by atoms with Crippen molar-refractivity contribution in [2.45, 2.75) is 89.8 Å². The Bertz CT molecular complexity index is 2580. The molecule has 0 bridgehead atoms. The maximum Gasteiger partial charge on any atom is 0.414 e. The number of nitrogens with zero attached hydrogens (tertiary/aromatic N) is 6. The molecule has 2 amide bonds. The zero-order chi connectivity index (χ0) is 47.6. The van der Waals surface area contributed by atoms with Gasteiger partial charge in [0.05, 0.1) is 21.1 Å². The summed E-state index contributed by atoms with van der Waals surface area (Å²) in [6.45, 7) is 15.2. The number of hydrogen-bond acceptors (Lipinski definition) is 13. The zero-order valence-electron chi connectivity index (χ0n) is 38.3. The fourth-order valence-electron chi connectivity index (χ4n) is 8.75. The van der Waals surface area contributed by atoms with Gasteiger partial charge < -0.3 is 25.0 Å². The third kappa shape index (κ3) is 11.8. The van der Waals surface area contributed by atoms with E-state index in [1.165, 1.54) is 34.9 Å². The Balaban J connectivity index is 1.11. The molecule has 4 aromatic rings. The summed E-state index contributed by atoms with van der Waals surface area (Å²) in [5.74, 6) is -0.920. The van der Waals surface area contributed by atoms with Gasteiger partial charge in [-0.25, -0.2) is 27.8 Å². The van der Waals surface area contributed by atoms with Crippen LogP contribution in [-0.4, -0.2) is 110 Å². The topological polar surface area (TPSA) is 191 Å². The van der Waals surface area contributed by atoms with E-state index in [1.807, 2.05) is 19.2 Å². The van der Waals surface area contributed by atoms with Gasteiger partial charge in [0.2, 0.25) is 0 Å². The van der Waals surface area contributed by atoms with E-state index in [0.29, 0.717) is 23.8 Å². The van der Waals surface area contributed by atoms with E-state index in [2.05, 4.69) is 55.7 Å². The van der Waals surface area contributed by atoms with Crippen molar-refractivity contribution >= 4 is 72.7 Å². The number of halogens is 1. The van der Waals surface area contributed by atoms with Gasteiger partial charge >= 0.3 is 6.09 Å². The fourth-order valence-corrected chi connectivity index (χ4v) is 10.8. The van der Waals surface area contributed by atoms with E-state index >= 15 is 0 Å². The van der Waals surface area contributed by atoms with Crippen LogP contribution in [0.15, 0.2) is 76.5 Å². The highest BCUT2D eigenvalue weighted by Gasteiger charge is 2.33. The highest BCUT2D eigenvalue weighted by atomic mass is 35.5. The number of carbonyl (C=O) groups excluding carboxylic acids is 1. The van der Waals surface area contributed by atoms with Gasteiger partial charge in [0.1, 0.15) is 18.0 Å². The molecule has 66 heavy (non-hydrogen) atoms. The Morgan fingerprint density at radius 2 is 1.73 bits per heavy atom. The first-order chi connectivity index (χ1) is 31.2. The molecule has 0 radical (unpaired) electrons. The van der Waals surface area contributed by atoms with E-state index in [9.17, 15) is 33.2 Å². The predicted molar refractivity (Wildman–Crippen MR) is 260 cm³/mol. The van der Waals surface area contributed by atoms with Crippen LogP contribution in [0, 0.1) is 15.5 Å². The quantitative estimate of drug-likeness (QED) is 0.0803. The van der Waals surface area contributed by atoms with Crippen LogP contribution in [0.1, 0.15) is 88.3 Å². The van der Waals surface area contributed by atoms with E-state index in [-0.39, 0.29) is 40.2 Å². The molecule has 0 saturated carbocycles. The van der Waals surface area contributed by atoms with Crippen LogP contribution in [0.4, 0.5) is 27.0 Å². The predicted octanol–water partition coefficient (Wildman–Crippen LogP) is 8.98. The van der Waals surface area contributed by atoms with E-state index < -0.39 is 43.1 Å². The molecule has 354 valence electrons. The number of likely N-dealkylation sites (tertiary alicyclic amines) is 1. The molecule has 1 aliphatic carbocycles. The number of sulfonamides is 1. The monoisotopic (exact) mass is 962 g/mol. The first-order valence-corrected chi connectivity index (χ1v) is 24.9. The minimum absolute atomic E-state index is 0.0150. The SMILES string of the molecule is CN1CCC(Nc2ccc(S(=O)(=O)NC(=O)c3ccc(N4CCN(CC5=C(c6ccc(Cl)cc6)CC(C)(C)CC5)CC4)cc3OCc3csc(N(C(=O)O)C(C)(C)C)n3)cc2[N+](=O)[O-])CC1. The Morgan fingerprint density at radius 3 is 2.38 bits per heavy atom. The number of hydrogen-bond donors (Lipinski definition) is 3. The van der Waals surface area contributed by atoms with Gasteiger partial charge in [-0.1, -0.05) is 43.2 Å². The Labute approximate surface area is 395 Å². The van der Waals surface area contributed by atoms with Crippen LogP contribution < -0.4 is 24.6 Å². The molecule has 2 aliphatic heterocycles. The van der Waals surface area contributed by atoms with E-state index in [1.54, 1.807) is 38.3 Å². The summed E-state index contributed by atoms with van der Waals surface area (Å²) in [6, 6.07) is 16.6. The molecule has 3 heterocycles. The van der Waals surface area contributed by atoms with Crippen LogP contribution >= 0.6 is 22.9 Å². The lowest BCUT2D eigenvalue weighted by Crippen LogP contribution is -2.47. The van der Waals surface area contributed by atoms with Crippen molar-refractivity contribution in [2.24, 2.45) is 5.41 Å². The number of ether oxygens (including phenoxy) is 1. The molecular weight excluding hydrogens is 904 g/mol. The van der Waals surface area contributed by atoms with Crippen LogP contribution in [0.2, 0.25) is 5.02 Å². The maximum absolute atomic E-state index is 14.0. The third-order valence-corrected chi connectivity index (χ3v) is 14.9. The maximum atomic E-state index is 14.0. The molecular formula is C47H59ClN8O8S2. The second-order valence-electron chi connectivity index (χ2n) is 19.2. The van der Waals surface area contributed by atoms with Gasteiger partial charge in [-0.05, 0) is 126 Å². The van der Waals surface area contributed by atoms with Crippen LogP contribution in [-0.2, 0) is 16.6 Å². The molecule has 0 spiro atoms. The normalized spacial score (nSPS) is 17.7. The first kappa shape index (κ1) is 48.7. The summed E-state index contributed by atoms with van der Waals surface area (Å²) >= 11 is 7.38. The lowest BCUT2D eigenvalue weighted by Gasteiger charge is -2.39. The van der Waals surface area contributed by atoms with Gasteiger partial charge in [0.15, 0.2) is 5.13 Å². The number of anilines is 3. The minimum atomic E-state index is -4.60. The summed E-state index contributed by atoms with van der Waals surface area (Å²) in [5.41, 5.74) is 4.33. The molecule has 7 rings (SSSR count). The molecule has 3 aliphatic rings. The number of allylic oxidation sites excluding steroid dienone is 1. The number of rotatable bonds is 14. The number of nitro groups is 1. The average Bonchev–Trinajstić information content (AvgIpc) is 3.71. The van der Waals surface area contributed by atoms with Crippen molar-refractivity contribution in [3.05, 3.63) is 104 Å². The van der Waals surface area contributed by atoms with E-state index in [4.69, 9.17) is 16.3 Å². The number of aromatic nitrogens is 1. The number of carbonyl (C=O) groups is 2. The van der Waals surface area contributed by atoms with Gasteiger partial charge in [-0.3, -0.25) is 19.8 Å². The Kier molecular flexibility index (Phi) is 14.7. The van der Waals surface area contributed by atoms with Crippen LogP contribution in [0.25, 0.3) is 5.57 Å². The molecule has 19 heteroatoms. The summed E-state index contributed by atoms with van der Waals surface area (Å²) in [4.78, 5) is 49.7. The third-order valence-electron chi connectivity index (χ3n) is 12.5. The highest BCUT2D eigenvalue weighted by molar-refractivity contribution is 7.90. The lowest BCUT2D eigenvalue weighted by atomic mass is 9.72. The lowest BCUT2D eigenvalue weighted by molar-refractivity contribution is -0.384. The number of carboxylic acid groups (broad SMARTS) is 1. The van der Waals surface area contributed by atoms with Crippen molar-refractivity contribution in [3.8, 4) is 5.75 Å². The van der Waals surface area contributed by atoms with Crippen LogP contribution in [0.5, 0.6) is 5.75 Å². The minimum Gasteiger partial charge on any atom is -0.486 e. The summed E-state index contributed by atoms with van der Waals surface area (Å²) in [5, 5.41) is 27.9. The number of amides is 2. The standard InChI is InChI=1S/C47H59ClN8O8S2/c1-46(2,3)55(45(58)59)44-50-35(30-65-44)29-64-42-25-36(54-23-21-53(22-24-54)28-32-15-18-47(4,5)27-39(32)31-7-9-33(48)10-8-31)11-13-38(42)43(57)51-66(62,63)37-12-14-40(41(26-37)56(60)61)49-34-16-19-52(6)20-17-34/h7-14,25-26,30,34,49H,15-24,27-29H2,1-6H3,(H,51,57)(H,58,59). The number of thiazole rings is 1. The van der Waals surface area contributed by atoms with Crippen molar-refractivity contribution < 1.29 is 32.8 Å². The van der Waals surface area contributed by atoms with Crippen LogP contribution in [0.3, 0.4) is 0 Å². The second kappa shape index (κ2) is 19.9. The van der Waals surface area contributed by atoms with Crippen molar-refractivity contribution in [3.63, 3.8) is 0 Å². The Morgan fingerprint density at radius 1 is 1.03 bits per heavy atom. The van der Waals surface area contributed by atoms with Gasteiger partial charge in [-0.15, -0.1) is 11.3 Å². The molecule has 16 nitrogen and oxygen atoms in total. The zero-order valence-corrected chi connectivity index (χ0v) is 40.7. The van der Waals surface area contributed by atoms with Gasteiger partial charge in [0.25, 0.3) is 21.6 Å². The molecule has 0 atom stereocenters. The van der Waals surface area contributed by atoms with Gasteiger partial charge in [-0.2, -0.15) is 0 Å². The number of benzene rings is 3. The molecule has 2 fully saturated rings.